The van der Waals surface area contributed by atoms with Crippen LogP contribution in [0.3, 0.4) is 0 Å². The number of halogens is 2. The molecule has 0 aliphatic heterocycles. The van der Waals surface area contributed by atoms with Gasteiger partial charge in [-0.1, -0.05) is 0 Å². The van der Waals surface area contributed by atoms with Gasteiger partial charge < -0.3 is 10.2 Å². The van der Waals surface area contributed by atoms with Crippen LogP contribution in [0, 0.1) is 5.82 Å². The third-order valence-corrected chi connectivity index (χ3v) is 4.54. The molecule has 1 aromatic carbocycles. The Hall–Kier alpha value is -1.24. The Morgan fingerprint density at radius 2 is 2.19 bits per heavy atom. The smallest absolute Gasteiger partial charge is 0.252 e. The molecule has 1 aromatic heterocycles. The second-order valence-electron chi connectivity index (χ2n) is 4.87. The summed E-state index contributed by atoms with van der Waals surface area (Å²) in [5.41, 5.74) is 1.60. The van der Waals surface area contributed by atoms with E-state index in [0.717, 1.165) is 0 Å². The summed E-state index contributed by atoms with van der Waals surface area (Å²) in [6, 6.07) is 6.21. The maximum Gasteiger partial charge on any atom is 0.252 e. The number of thiophene rings is 1. The van der Waals surface area contributed by atoms with Gasteiger partial charge in [0.15, 0.2) is 0 Å². The standard InChI is InChI=1S/C15H16BrFN2OS/c1-19(2)14(10-5-6-21-9-10)8-18-15(20)12-4-3-11(17)7-13(12)16/h3-7,9,14H,8H2,1-2H3,(H,18,20)/t14-/m0/s1. The van der Waals surface area contributed by atoms with Crippen LogP contribution in [0.2, 0.25) is 0 Å². The number of carbonyl (C=O) groups excluding carboxylic acids is 1. The van der Waals surface area contributed by atoms with Gasteiger partial charge in [0.2, 0.25) is 0 Å². The molecule has 6 heteroatoms. The fraction of sp³-hybridized carbons (Fsp3) is 0.267. The van der Waals surface area contributed by atoms with E-state index in [2.05, 4.69) is 37.6 Å². The highest BCUT2D eigenvalue weighted by molar-refractivity contribution is 9.10. The summed E-state index contributed by atoms with van der Waals surface area (Å²) in [5, 5.41) is 6.99. The van der Waals surface area contributed by atoms with Crippen LogP contribution < -0.4 is 5.32 Å². The first-order valence-electron chi connectivity index (χ1n) is 6.41. The number of carbonyl (C=O) groups is 1. The van der Waals surface area contributed by atoms with Crippen LogP contribution in [0.5, 0.6) is 0 Å². The fourth-order valence-electron chi connectivity index (χ4n) is 2.02. The third-order valence-electron chi connectivity index (χ3n) is 3.18. The first-order valence-corrected chi connectivity index (χ1v) is 8.14. The van der Waals surface area contributed by atoms with Crippen LogP contribution in [0.4, 0.5) is 4.39 Å². The van der Waals surface area contributed by atoms with Gasteiger partial charge in [0.05, 0.1) is 11.6 Å². The fourth-order valence-corrected chi connectivity index (χ4v) is 3.26. The number of nitrogens with one attached hydrogen (secondary N) is 1. The lowest BCUT2D eigenvalue weighted by molar-refractivity contribution is 0.0941. The summed E-state index contributed by atoms with van der Waals surface area (Å²) in [7, 11) is 3.95. The average Bonchev–Trinajstić information content (AvgIpc) is 2.92. The zero-order valence-electron chi connectivity index (χ0n) is 11.8. The highest BCUT2D eigenvalue weighted by Crippen LogP contribution is 2.21. The lowest BCUT2D eigenvalue weighted by Crippen LogP contribution is -2.34. The van der Waals surface area contributed by atoms with Gasteiger partial charge in [-0.2, -0.15) is 11.3 Å². The summed E-state index contributed by atoms with van der Waals surface area (Å²) < 4.78 is 13.5. The van der Waals surface area contributed by atoms with E-state index in [0.29, 0.717) is 16.6 Å². The minimum atomic E-state index is -0.372. The zero-order chi connectivity index (χ0) is 15.4. The average molecular weight is 371 g/mol. The van der Waals surface area contributed by atoms with E-state index in [4.69, 9.17) is 0 Å². The molecule has 1 atom stereocenters. The quantitative estimate of drug-likeness (QED) is 0.870. The minimum absolute atomic E-state index is 0.111. The molecule has 2 rings (SSSR count). The summed E-state index contributed by atoms with van der Waals surface area (Å²) in [6.45, 7) is 0.492. The van der Waals surface area contributed by atoms with Crippen LogP contribution in [-0.4, -0.2) is 31.4 Å². The first-order chi connectivity index (χ1) is 9.99. The van der Waals surface area contributed by atoms with Gasteiger partial charge in [-0.05, 0) is 70.6 Å². The van der Waals surface area contributed by atoms with Gasteiger partial charge in [0.25, 0.3) is 5.91 Å². The second-order valence-corrected chi connectivity index (χ2v) is 6.50. The molecular weight excluding hydrogens is 355 g/mol. The minimum Gasteiger partial charge on any atom is -0.350 e. The maximum atomic E-state index is 13.0. The first kappa shape index (κ1) is 16.1. The topological polar surface area (TPSA) is 32.3 Å². The van der Waals surface area contributed by atoms with Crippen LogP contribution >= 0.6 is 27.3 Å². The van der Waals surface area contributed by atoms with Crippen LogP contribution in [0.1, 0.15) is 22.0 Å². The van der Waals surface area contributed by atoms with E-state index >= 15 is 0 Å². The highest BCUT2D eigenvalue weighted by atomic mass is 79.9. The van der Waals surface area contributed by atoms with Gasteiger partial charge in [0.1, 0.15) is 5.82 Å². The van der Waals surface area contributed by atoms with Gasteiger partial charge >= 0.3 is 0 Å². The van der Waals surface area contributed by atoms with E-state index in [1.807, 2.05) is 19.5 Å². The van der Waals surface area contributed by atoms with Crippen molar-refractivity contribution in [1.82, 2.24) is 10.2 Å². The van der Waals surface area contributed by atoms with Crippen LogP contribution in [0.25, 0.3) is 0 Å². The van der Waals surface area contributed by atoms with Crippen molar-refractivity contribution in [1.29, 1.82) is 0 Å². The van der Waals surface area contributed by atoms with Crippen LogP contribution in [0.15, 0.2) is 39.5 Å². The Morgan fingerprint density at radius 1 is 1.43 bits per heavy atom. The number of benzene rings is 1. The predicted octanol–water partition coefficient (Wildman–Crippen LogP) is 3.68. The number of amides is 1. The number of rotatable bonds is 5. The molecule has 0 aliphatic carbocycles. The molecule has 0 spiro atoms. The molecular formula is C15H16BrFN2OS. The molecule has 0 aliphatic rings. The number of likely N-dealkylation sites (N-methyl/N-ethyl adjacent to an activating group) is 1. The molecule has 1 N–H and O–H groups in total. The van der Waals surface area contributed by atoms with E-state index in [1.54, 1.807) is 11.3 Å². The second kappa shape index (κ2) is 7.15. The van der Waals surface area contributed by atoms with E-state index in [1.165, 1.54) is 23.8 Å². The molecule has 0 saturated carbocycles. The summed E-state index contributed by atoms with van der Waals surface area (Å²) in [4.78, 5) is 14.3. The van der Waals surface area contributed by atoms with Crippen molar-refractivity contribution >= 4 is 33.2 Å². The molecule has 0 bridgehead atoms. The van der Waals surface area contributed by atoms with E-state index < -0.39 is 0 Å². The van der Waals surface area contributed by atoms with Crippen molar-refractivity contribution in [2.24, 2.45) is 0 Å². The molecule has 0 radical (unpaired) electrons. The Labute approximate surface area is 135 Å². The Kier molecular flexibility index (Phi) is 5.50. The Morgan fingerprint density at radius 3 is 2.76 bits per heavy atom. The van der Waals surface area contributed by atoms with Crippen molar-refractivity contribution in [3.05, 3.63) is 56.4 Å². The number of nitrogens with zero attached hydrogens (tertiary/aromatic N) is 1. The lowest BCUT2D eigenvalue weighted by atomic mass is 10.1. The molecule has 0 saturated heterocycles. The SMILES string of the molecule is CN(C)[C@@H](CNC(=O)c1ccc(F)cc1Br)c1ccsc1. The molecule has 0 fully saturated rings. The van der Waals surface area contributed by atoms with Crippen LogP contribution in [-0.2, 0) is 0 Å². The molecule has 0 unspecified atom stereocenters. The van der Waals surface area contributed by atoms with Gasteiger partial charge in [-0.15, -0.1) is 0 Å². The van der Waals surface area contributed by atoms with Crippen molar-refractivity contribution in [3.8, 4) is 0 Å². The Balaban J connectivity index is 2.05. The van der Waals surface area contributed by atoms with Crippen molar-refractivity contribution < 1.29 is 9.18 Å². The monoisotopic (exact) mass is 370 g/mol. The van der Waals surface area contributed by atoms with Crippen molar-refractivity contribution in [2.75, 3.05) is 20.6 Å². The van der Waals surface area contributed by atoms with Crippen molar-refractivity contribution in [2.45, 2.75) is 6.04 Å². The van der Waals surface area contributed by atoms with Gasteiger partial charge in [0, 0.05) is 11.0 Å². The summed E-state index contributed by atoms with van der Waals surface area (Å²) in [6.07, 6.45) is 0. The Bertz CT molecular complexity index is 616. The number of hydrogen-bond donors (Lipinski definition) is 1. The molecule has 3 nitrogen and oxygen atoms in total. The normalized spacial score (nSPS) is 12.4. The summed E-state index contributed by atoms with van der Waals surface area (Å²) in [5.74, 6) is -0.591. The largest absolute Gasteiger partial charge is 0.350 e. The highest BCUT2D eigenvalue weighted by Gasteiger charge is 2.17. The third kappa shape index (κ3) is 4.12. The predicted molar refractivity (Wildman–Crippen MR) is 87.2 cm³/mol. The molecule has 1 amide bonds. The zero-order valence-corrected chi connectivity index (χ0v) is 14.2. The number of hydrogen-bond acceptors (Lipinski definition) is 3. The molecule has 21 heavy (non-hydrogen) atoms. The van der Waals surface area contributed by atoms with E-state index in [-0.39, 0.29) is 17.8 Å². The summed E-state index contributed by atoms with van der Waals surface area (Å²) >= 11 is 4.84. The molecule has 1 heterocycles. The molecule has 112 valence electrons. The lowest BCUT2D eigenvalue weighted by Gasteiger charge is -2.24. The van der Waals surface area contributed by atoms with Crippen molar-refractivity contribution in [3.63, 3.8) is 0 Å². The van der Waals surface area contributed by atoms with Gasteiger partial charge in [-0.25, -0.2) is 4.39 Å². The van der Waals surface area contributed by atoms with Gasteiger partial charge in [-0.3, -0.25) is 4.79 Å². The van der Waals surface area contributed by atoms with E-state index in [9.17, 15) is 9.18 Å². The molecule has 2 aromatic rings. The maximum absolute atomic E-state index is 13.0.